The minimum atomic E-state index is -0.153. The Balaban J connectivity index is 3.22. The molecular weight excluding hydrogens is 130 g/mol. The lowest BCUT2D eigenvalue weighted by Gasteiger charge is -2.03. The van der Waals surface area contributed by atoms with Gasteiger partial charge in [-0.1, -0.05) is 0 Å². The lowest BCUT2D eigenvalue weighted by molar-refractivity contribution is -0.143. The molecule has 0 aromatic rings. The molecule has 0 aliphatic carbocycles. The number of nitrogens with two attached hydrogens (primary N) is 1. The van der Waals surface area contributed by atoms with Gasteiger partial charge in [0.1, 0.15) is 0 Å². The molecule has 0 saturated heterocycles. The Hall–Kier alpha value is -0.570. The first-order chi connectivity index (χ1) is 4.66. The van der Waals surface area contributed by atoms with Gasteiger partial charge in [-0.2, -0.15) is 0 Å². The topological polar surface area (TPSA) is 52.3 Å². The SMILES string of the molecule is CCOC(=O)CC[C@@H](C)N. The molecule has 2 N–H and O–H groups in total. The third kappa shape index (κ3) is 5.56. The van der Waals surface area contributed by atoms with E-state index in [2.05, 4.69) is 0 Å². The van der Waals surface area contributed by atoms with E-state index in [4.69, 9.17) is 10.5 Å². The Morgan fingerprint density at radius 2 is 2.30 bits per heavy atom. The van der Waals surface area contributed by atoms with Crippen molar-refractivity contribution >= 4 is 5.97 Å². The zero-order chi connectivity index (χ0) is 7.98. The van der Waals surface area contributed by atoms with Gasteiger partial charge in [-0.3, -0.25) is 4.79 Å². The second kappa shape index (κ2) is 5.23. The van der Waals surface area contributed by atoms with E-state index < -0.39 is 0 Å². The molecule has 0 aliphatic rings. The van der Waals surface area contributed by atoms with Crippen molar-refractivity contribution in [2.45, 2.75) is 32.7 Å². The third-order valence-corrected chi connectivity index (χ3v) is 1.11. The van der Waals surface area contributed by atoms with E-state index in [1.54, 1.807) is 6.92 Å². The molecule has 0 saturated carbocycles. The molecule has 0 spiro atoms. The molecule has 0 bridgehead atoms. The Morgan fingerprint density at radius 1 is 1.70 bits per heavy atom. The predicted octanol–water partition coefficient (Wildman–Crippen LogP) is 0.677. The van der Waals surface area contributed by atoms with Crippen LogP contribution < -0.4 is 5.73 Å². The van der Waals surface area contributed by atoms with Gasteiger partial charge in [-0.05, 0) is 20.3 Å². The first-order valence-electron chi connectivity index (χ1n) is 3.58. The molecule has 0 amide bonds. The van der Waals surface area contributed by atoms with Crippen LogP contribution in [0.4, 0.5) is 0 Å². The van der Waals surface area contributed by atoms with Gasteiger partial charge in [0.05, 0.1) is 6.61 Å². The van der Waals surface area contributed by atoms with Crippen molar-refractivity contribution in [1.29, 1.82) is 0 Å². The summed E-state index contributed by atoms with van der Waals surface area (Å²) >= 11 is 0. The van der Waals surface area contributed by atoms with E-state index in [1.807, 2.05) is 6.92 Å². The highest BCUT2D eigenvalue weighted by Crippen LogP contribution is 1.95. The number of esters is 1. The lowest BCUT2D eigenvalue weighted by Crippen LogP contribution is -2.17. The highest BCUT2D eigenvalue weighted by molar-refractivity contribution is 5.69. The molecule has 0 unspecified atom stereocenters. The van der Waals surface area contributed by atoms with Gasteiger partial charge >= 0.3 is 5.97 Å². The van der Waals surface area contributed by atoms with Crippen molar-refractivity contribution < 1.29 is 9.53 Å². The molecule has 3 nitrogen and oxygen atoms in total. The van der Waals surface area contributed by atoms with Crippen molar-refractivity contribution in [3.8, 4) is 0 Å². The Bertz CT molecular complexity index is 102. The Morgan fingerprint density at radius 3 is 2.70 bits per heavy atom. The van der Waals surface area contributed by atoms with Gasteiger partial charge in [-0.15, -0.1) is 0 Å². The van der Waals surface area contributed by atoms with Gasteiger partial charge in [0.25, 0.3) is 0 Å². The van der Waals surface area contributed by atoms with E-state index in [-0.39, 0.29) is 12.0 Å². The van der Waals surface area contributed by atoms with Crippen LogP contribution in [0.1, 0.15) is 26.7 Å². The zero-order valence-electron chi connectivity index (χ0n) is 6.59. The normalized spacial score (nSPS) is 12.7. The van der Waals surface area contributed by atoms with Crippen LogP contribution in [0.5, 0.6) is 0 Å². The summed E-state index contributed by atoms with van der Waals surface area (Å²) in [6.45, 7) is 4.13. The molecule has 10 heavy (non-hydrogen) atoms. The monoisotopic (exact) mass is 145 g/mol. The minimum Gasteiger partial charge on any atom is -0.466 e. The van der Waals surface area contributed by atoms with Crippen molar-refractivity contribution in [1.82, 2.24) is 0 Å². The first-order valence-corrected chi connectivity index (χ1v) is 3.58. The smallest absolute Gasteiger partial charge is 0.305 e. The highest BCUT2D eigenvalue weighted by atomic mass is 16.5. The average Bonchev–Trinajstić information content (AvgIpc) is 1.85. The van der Waals surface area contributed by atoms with Gasteiger partial charge in [0.2, 0.25) is 0 Å². The summed E-state index contributed by atoms with van der Waals surface area (Å²) in [5.41, 5.74) is 5.43. The van der Waals surface area contributed by atoms with E-state index in [9.17, 15) is 4.79 Å². The summed E-state index contributed by atoms with van der Waals surface area (Å²) in [5, 5.41) is 0. The summed E-state index contributed by atoms with van der Waals surface area (Å²) in [4.78, 5) is 10.7. The minimum absolute atomic E-state index is 0.0874. The predicted molar refractivity (Wildman–Crippen MR) is 39.5 cm³/mol. The number of hydrogen-bond donors (Lipinski definition) is 1. The lowest BCUT2D eigenvalue weighted by atomic mass is 10.2. The number of rotatable bonds is 4. The number of ether oxygens (including phenoxy) is 1. The Kier molecular flexibility index (Phi) is 4.94. The molecule has 0 aliphatic heterocycles. The largest absolute Gasteiger partial charge is 0.466 e. The van der Waals surface area contributed by atoms with Crippen LogP contribution in [-0.4, -0.2) is 18.6 Å². The molecule has 0 aromatic heterocycles. The Labute approximate surface area is 61.5 Å². The van der Waals surface area contributed by atoms with Crippen LogP contribution in [0.15, 0.2) is 0 Å². The fourth-order valence-electron chi connectivity index (χ4n) is 0.579. The van der Waals surface area contributed by atoms with Crippen molar-refractivity contribution in [2.75, 3.05) is 6.61 Å². The second-order valence-corrected chi connectivity index (χ2v) is 2.32. The van der Waals surface area contributed by atoms with Crippen LogP contribution in [0.25, 0.3) is 0 Å². The van der Waals surface area contributed by atoms with Crippen molar-refractivity contribution in [3.05, 3.63) is 0 Å². The fraction of sp³-hybridized carbons (Fsp3) is 0.857. The third-order valence-electron chi connectivity index (χ3n) is 1.11. The number of hydrogen-bond acceptors (Lipinski definition) is 3. The molecule has 0 heterocycles. The summed E-state index contributed by atoms with van der Waals surface area (Å²) in [6, 6.07) is 0.0874. The molecule has 3 heteroatoms. The summed E-state index contributed by atoms with van der Waals surface area (Å²) in [6.07, 6.45) is 1.14. The maximum Gasteiger partial charge on any atom is 0.305 e. The van der Waals surface area contributed by atoms with Crippen LogP contribution in [0.3, 0.4) is 0 Å². The van der Waals surface area contributed by atoms with Crippen molar-refractivity contribution in [2.24, 2.45) is 5.73 Å². The summed E-state index contributed by atoms with van der Waals surface area (Å²) < 4.78 is 4.70. The van der Waals surface area contributed by atoms with Crippen LogP contribution >= 0.6 is 0 Å². The fourth-order valence-corrected chi connectivity index (χ4v) is 0.579. The maximum atomic E-state index is 10.7. The van der Waals surface area contributed by atoms with Gasteiger partial charge in [0.15, 0.2) is 0 Å². The molecule has 0 aromatic carbocycles. The van der Waals surface area contributed by atoms with Gasteiger partial charge in [0, 0.05) is 12.5 Å². The summed E-state index contributed by atoms with van der Waals surface area (Å²) in [5.74, 6) is -0.153. The van der Waals surface area contributed by atoms with Crippen LogP contribution in [0, 0.1) is 0 Å². The van der Waals surface area contributed by atoms with Crippen LogP contribution in [-0.2, 0) is 9.53 Å². The second-order valence-electron chi connectivity index (χ2n) is 2.32. The number of carbonyl (C=O) groups excluding carboxylic acids is 1. The zero-order valence-corrected chi connectivity index (χ0v) is 6.59. The number of carbonyl (C=O) groups is 1. The van der Waals surface area contributed by atoms with E-state index in [1.165, 1.54) is 0 Å². The maximum absolute atomic E-state index is 10.7. The summed E-state index contributed by atoms with van der Waals surface area (Å²) in [7, 11) is 0. The van der Waals surface area contributed by atoms with Gasteiger partial charge in [-0.25, -0.2) is 0 Å². The van der Waals surface area contributed by atoms with E-state index in [0.717, 1.165) is 0 Å². The van der Waals surface area contributed by atoms with Crippen LogP contribution in [0.2, 0.25) is 0 Å². The van der Waals surface area contributed by atoms with Crippen molar-refractivity contribution in [3.63, 3.8) is 0 Å². The molecule has 0 rings (SSSR count). The molecular formula is C7H15NO2. The van der Waals surface area contributed by atoms with E-state index in [0.29, 0.717) is 19.4 Å². The molecule has 0 fully saturated rings. The first kappa shape index (κ1) is 9.43. The van der Waals surface area contributed by atoms with Gasteiger partial charge < -0.3 is 10.5 Å². The molecule has 60 valence electrons. The quantitative estimate of drug-likeness (QED) is 0.592. The average molecular weight is 145 g/mol. The molecule has 0 radical (unpaired) electrons. The highest BCUT2D eigenvalue weighted by Gasteiger charge is 2.02. The standard InChI is InChI=1S/C7H15NO2/c1-3-10-7(9)5-4-6(2)8/h6H,3-5,8H2,1-2H3/t6-/m1/s1. The van der Waals surface area contributed by atoms with E-state index >= 15 is 0 Å². The molecule has 1 atom stereocenters.